The van der Waals surface area contributed by atoms with Gasteiger partial charge >= 0.3 is 0 Å². The Kier molecular flexibility index (Phi) is 4.42. The van der Waals surface area contributed by atoms with Crippen LogP contribution in [0.15, 0.2) is 76.0 Å². The molecule has 3 heterocycles. The van der Waals surface area contributed by atoms with Crippen molar-refractivity contribution in [1.82, 2.24) is 15.2 Å². The molecule has 5 rings (SSSR count). The maximum Gasteiger partial charge on any atom is 0.231 e. The van der Waals surface area contributed by atoms with Gasteiger partial charge in [-0.1, -0.05) is 24.3 Å². The van der Waals surface area contributed by atoms with Crippen LogP contribution in [0.1, 0.15) is 5.56 Å². The van der Waals surface area contributed by atoms with Gasteiger partial charge in [0.2, 0.25) is 11.8 Å². The molecule has 1 amide bonds. The number of aromatic amines is 1. The van der Waals surface area contributed by atoms with Gasteiger partial charge in [0.05, 0.1) is 12.0 Å². The van der Waals surface area contributed by atoms with E-state index in [1.54, 1.807) is 17.5 Å². The number of anilines is 1. The molecule has 0 atom stereocenters. The summed E-state index contributed by atoms with van der Waals surface area (Å²) < 4.78 is 5.87. The van der Waals surface area contributed by atoms with E-state index in [1.807, 2.05) is 65.4 Å². The first-order chi connectivity index (χ1) is 14.3. The first-order valence-electron chi connectivity index (χ1n) is 9.07. The average molecular weight is 400 g/mol. The maximum atomic E-state index is 12.2. The van der Waals surface area contributed by atoms with Gasteiger partial charge in [-0.3, -0.25) is 9.89 Å². The van der Waals surface area contributed by atoms with Crippen LogP contribution < -0.4 is 5.32 Å². The number of rotatable bonds is 5. The number of nitrogens with one attached hydrogen (secondary N) is 2. The van der Waals surface area contributed by atoms with Crippen LogP contribution >= 0.6 is 11.3 Å². The van der Waals surface area contributed by atoms with Gasteiger partial charge in [0.1, 0.15) is 11.2 Å². The highest BCUT2D eigenvalue weighted by Crippen LogP contribution is 2.32. The van der Waals surface area contributed by atoms with Crippen molar-refractivity contribution in [3.63, 3.8) is 0 Å². The van der Waals surface area contributed by atoms with Crippen LogP contribution in [0.3, 0.4) is 0 Å². The largest absolute Gasteiger partial charge is 0.436 e. The summed E-state index contributed by atoms with van der Waals surface area (Å²) in [4.78, 5) is 16.7. The van der Waals surface area contributed by atoms with Gasteiger partial charge in [0.15, 0.2) is 5.58 Å². The summed E-state index contributed by atoms with van der Waals surface area (Å²) in [6, 6.07) is 17.2. The van der Waals surface area contributed by atoms with Crippen LogP contribution in [0.25, 0.3) is 33.8 Å². The van der Waals surface area contributed by atoms with E-state index in [9.17, 15) is 4.79 Å². The van der Waals surface area contributed by atoms with Gasteiger partial charge in [0.25, 0.3) is 0 Å². The summed E-state index contributed by atoms with van der Waals surface area (Å²) in [5, 5.41) is 14.1. The van der Waals surface area contributed by atoms with Crippen LogP contribution in [0.5, 0.6) is 0 Å². The fourth-order valence-electron chi connectivity index (χ4n) is 3.16. The Labute approximate surface area is 170 Å². The molecule has 2 aromatic carbocycles. The summed E-state index contributed by atoms with van der Waals surface area (Å²) in [5.74, 6) is 0.478. The molecule has 2 N–H and O–H groups in total. The van der Waals surface area contributed by atoms with E-state index < -0.39 is 0 Å². The van der Waals surface area contributed by atoms with Crippen molar-refractivity contribution in [3.05, 3.63) is 77.1 Å². The first-order valence-corrected chi connectivity index (χ1v) is 10.0. The summed E-state index contributed by atoms with van der Waals surface area (Å²) in [7, 11) is 0. The molecule has 0 saturated heterocycles. The van der Waals surface area contributed by atoms with Crippen molar-refractivity contribution in [2.45, 2.75) is 6.42 Å². The number of amides is 1. The van der Waals surface area contributed by atoms with Crippen LogP contribution in [-0.4, -0.2) is 21.1 Å². The number of fused-ring (bicyclic) bond motifs is 1. The number of aromatic nitrogens is 3. The number of carbonyl (C=O) groups is 1. The molecule has 7 heteroatoms. The number of oxazole rings is 1. The van der Waals surface area contributed by atoms with Crippen molar-refractivity contribution in [2.24, 2.45) is 0 Å². The van der Waals surface area contributed by atoms with Gasteiger partial charge < -0.3 is 9.73 Å². The van der Waals surface area contributed by atoms with E-state index in [2.05, 4.69) is 20.5 Å². The molecule has 142 valence electrons. The second-order valence-electron chi connectivity index (χ2n) is 6.57. The Morgan fingerprint density at radius 1 is 1.10 bits per heavy atom. The number of hydrogen-bond donors (Lipinski definition) is 2. The zero-order chi connectivity index (χ0) is 19.6. The van der Waals surface area contributed by atoms with Crippen LogP contribution in [0.2, 0.25) is 0 Å². The summed E-state index contributed by atoms with van der Waals surface area (Å²) in [6.07, 6.45) is 2.14. The third-order valence-corrected chi connectivity index (χ3v) is 5.28. The van der Waals surface area contributed by atoms with E-state index in [1.165, 1.54) is 0 Å². The van der Waals surface area contributed by atoms with Crippen molar-refractivity contribution >= 4 is 34.0 Å². The van der Waals surface area contributed by atoms with Gasteiger partial charge in [-0.2, -0.15) is 16.4 Å². The maximum absolute atomic E-state index is 12.2. The third-order valence-electron chi connectivity index (χ3n) is 4.55. The Balaban J connectivity index is 1.37. The van der Waals surface area contributed by atoms with Crippen molar-refractivity contribution in [1.29, 1.82) is 0 Å². The Bertz CT molecular complexity index is 1240. The third kappa shape index (κ3) is 3.55. The number of para-hydroxylation sites is 2. The van der Waals surface area contributed by atoms with Crippen molar-refractivity contribution in [2.75, 3.05) is 5.32 Å². The lowest BCUT2D eigenvalue weighted by atomic mass is 10.1. The van der Waals surface area contributed by atoms with Crippen molar-refractivity contribution < 1.29 is 9.21 Å². The van der Waals surface area contributed by atoms with Crippen LogP contribution in [-0.2, 0) is 11.2 Å². The molecule has 0 fully saturated rings. The molecule has 0 bridgehead atoms. The molecular weight excluding hydrogens is 384 g/mol. The monoisotopic (exact) mass is 400 g/mol. The SMILES string of the molecule is O=C(Cc1ccsc1)Nc1ccc(-c2n[nH]cc2-c2nc3ccccc3o2)cc1. The zero-order valence-corrected chi connectivity index (χ0v) is 16.1. The minimum Gasteiger partial charge on any atom is -0.436 e. The standard InChI is InChI=1S/C22H16N4O2S/c27-20(11-14-9-10-29-13-14)24-16-7-5-15(6-8-16)21-17(12-23-26-21)22-25-18-3-1-2-4-19(18)28-22/h1-10,12-13H,11H2,(H,23,26)(H,24,27). The molecule has 29 heavy (non-hydrogen) atoms. The molecule has 3 aromatic heterocycles. The normalized spacial score (nSPS) is 11.0. The molecule has 0 aliphatic carbocycles. The first kappa shape index (κ1) is 17.4. The summed E-state index contributed by atoms with van der Waals surface area (Å²) in [6.45, 7) is 0. The topological polar surface area (TPSA) is 83.8 Å². The Hall–Kier alpha value is -3.71. The van der Waals surface area contributed by atoms with E-state index >= 15 is 0 Å². The highest BCUT2D eigenvalue weighted by Gasteiger charge is 2.16. The van der Waals surface area contributed by atoms with Crippen LogP contribution in [0, 0.1) is 0 Å². The lowest BCUT2D eigenvalue weighted by Gasteiger charge is -2.06. The second kappa shape index (κ2) is 7.37. The highest BCUT2D eigenvalue weighted by atomic mass is 32.1. The van der Waals surface area contributed by atoms with Crippen LogP contribution in [0.4, 0.5) is 5.69 Å². The van der Waals surface area contributed by atoms with Gasteiger partial charge in [-0.05, 0) is 46.7 Å². The number of thiophene rings is 1. The number of carbonyl (C=O) groups excluding carboxylic acids is 1. The molecule has 6 nitrogen and oxygen atoms in total. The number of nitrogens with zero attached hydrogens (tertiary/aromatic N) is 2. The smallest absolute Gasteiger partial charge is 0.231 e. The number of hydrogen-bond acceptors (Lipinski definition) is 5. The molecule has 0 radical (unpaired) electrons. The zero-order valence-electron chi connectivity index (χ0n) is 15.3. The lowest BCUT2D eigenvalue weighted by Crippen LogP contribution is -2.13. The number of H-pyrrole nitrogens is 1. The summed E-state index contributed by atoms with van der Waals surface area (Å²) >= 11 is 1.59. The van der Waals surface area contributed by atoms with Gasteiger partial charge in [-0.25, -0.2) is 4.98 Å². The summed E-state index contributed by atoms with van der Waals surface area (Å²) in [5.41, 5.74) is 5.73. The molecule has 0 aliphatic heterocycles. The van der Waals surface area contributed by atoms with Gasteiger partial charge in [0, 0.05) is 17.4 Å². The van der Waals surface area contributed by atoms with E-state index in [4.69, 9.17) is 4.42 Å². The molecule has 0 saturated carbocycles. The average Bonchev–Trinajstić information content (AvgIpc) is 3.48. The lowest BCUT2D eigenvalue weighted by molar-refractivity contribution is -0.115. The van der Waals surface area contributed by atoms with E-state index in [0.29, 0.717) is 12.3 Å². The second-order valence-corrected chi connectivity index (χ2v) is 7.35. The molecule has 5 aromatic rings. The van der Waals surface area contributed by atoms with E-state index in [-0.39, 0.29) is 5.91 Å². The molecular formula is C22H16N4O2S. The quantitative estimate of drug-likeness (QED) is 0.428. The minimum atomic E-state index is -0.0388. The minimum absolute atomic E-state index is 0.0388. The predicted molar refractivity (Wildman–Crippen MR) is 114 cm³/mol. The van der Waals surface area contributed by atoms with Gasteiger partial charge in [-0.15, -0.1) is 0 Å². The molecule has 0 unspecified atom stereocenters. The van der Waals surface area contributed by atoms with Crippen molar-refractivity contribution in [3.8, 4) is 22.7 Å². The molecule has 0 aliphatic rings. The Morgan fingerprint density at radius 3 is 2.76 bits per heavy atom. The fourth-order valence-corrected chi connectivity index (χ4v) is 3.82. The predicted octanol–water partition coefficient (Wildman–Crippen LogP) is 5.13. The molecule has 0 spiro atoms. The number of benzene rings is 2. The Morgan fingerprint density at radius 2 is 1.97 bits per heavy atom. The van der Waals surface area contributed by atoms with E-state index in [0.717, 1.165) is 39.2 Å². The fraction of sp³-hybridized carbons (Fsp3) is 0.0455. The highest BCUT2D eigenvalue weighted by molar-refractivity contribution is 7.08.